The molecule has 4 nitrogen and oxygen atoms in total. The van der Waals surface area contributed by atoms with Crippen LogP contribution in [0.25, 0.3) is 0 Å². The number of sulfonamides is 1. The van der Waals surface area contributed by atoms with Gasteiger partial charge in [0.15, 0.2) is 0 Å². The number of thiophene rings is 1. The molecule has 0 saturated heterocycles. The lowest BCUT2D eigenvalue weighted by Crippen LogP contribution is -2.28. The molecule has 0 aliphatic rings. The molecule has 108 valence electrons. The summed E-state index contributed by atoms with van der Waals surface area (Å²) >= 11 is 7.49. The summed E-state index contributed by atoms with van der Waals surface area (Å²) in [5.74, 6) is 0. The van der Waals surface area contributed by atoms with Crippen molar-refractivity contribution in [3.05, 3.63) is 45.6 Å². The zero-order chi connectivity index (χ0) is 14.8. The Morgan fingerprint density at radius 3 is 2.70 bits per heavy atom. The highest BCUT2D eigenvalue weighted by Gasteiger charge is 2.21. The lowest BCUT2D eigenvalue weighted by Gasteiger charge is -2.17. The number of nitrogens with two attached hydrogens (primary N) is 1. The van der Waals surface area contributed by atoms with E-state index in [0.717, 1.165) is 4.88 Å². The van der Waals surface area contributed by atoms with Crippen LogP contribution in [0, 0.1) is 0 Å². The Kier molecular flexibility index (Phi) is 4.70. The number of likely N-dealkylation sites (N-methyl/N-ethyl adjacent to an activating group) is 1. The van der Waals surface area contributed by atoms with Crippen LogP contribution in [0.2, 0.25) is 5.02 Å². The first-order valence-electron chi connectivity index (χ1n) is 5.95. The standard InChI is InChI=1S/C13H15ClN2O2S2/c1-16(7-6-10-3-2-8-19-10)20(17,18)11-4-5-13(15)12(14)9-11/h2-5,8-9H,6-7,15H2,1H3. The topological polar surface area (TPSA) is 63.4 Å². The maximum absolute atomic E-state index is 12.4. The van der Waals surface area contributed by atoms with Crippen molar-refractivity contribution in [2.45, 2.75) is 11.3 Å². The highest BCUT2D eigenvalue weighted by molar-refractivity contribution is 7.89. The van der Waals surface area contributed by atoms with Crippen molar-refractivity contribution in [1.29, 1.82) is 0 Å². The van der Waals surface area contributed by atoms with Gasteiger partial charge in [0.25, 0.3) is 0 Å². The molecule has 0 atom stereocenters. The first kappa shape index (κ1) is 15.3. The van der Waals surface area contributed by atoms with E-state index in [0.29, 0.717) is 18.7 Å². The molecule has 0 saturated carbocycles. The molecule has 0 radical (unpaired) electrons. The molecular weight excluding hydrogens is 316 g/mol. The molecule has 0 unspecified atom stereocenters. The van der Waals surface area contributed by atoms with E-state index in [4.69, 9.17) is 17.3 Å². The van der Waals surface area contributed by atoms with Crippen molar-refractivity contribution in [3.8, 4) is 0 Å². The Hall–Kier alpha value is -1.08. The largest absolute Gasteiger partial charge is 0.398 e. The Morgan fingerprint density at radius 2 is 2.10 bits per heavy atom. The van der Waals surface area contributed by atoms with Gasteiger partial charge in [-0.25, -0.2) is 12.7 Å². The normalized spacial score (nSPS) is 11.9. The van der Waals surface area contributed by atoms with Gasteiger partial charge in [-0.2, -0.15) is 0 Å². The summed E-state index contributed by atoms with van der Waals surface area (Å²) < 4.78 is 26.1. The number of nitrogens with zero attached hydrogens (tertiary/aromatic N) is 1. The van der Waals surface area contributed by atoms with Crippen LogP contribution in [-0.4, -0.2) is 26.3 Å². The van der Waals surface area contributed by atoms with Gasteiger partial charge in [-0.15, -0.1) is 11.3 Å². The van der Waals surface area contributed by atoms with Gasteiger partial charge >= 0.3 is 0 Å². The lowest BCUT2D eigenvalue weighted by atomic mass is 10.3. The summed E-state index contributed by atoms with van der Waals surface area (Å²) in [5.41, 5.74) is 5.96. The van der Waals surface area contributed by atoms with Gasteiger partial charge in [0.05, 0.1) is 15.6 Å². The maximum atomic E-state index is 12.4. The minimum Gasteiger partial charge on any atom is -0.398 e. The van der Waals surface area contributed by atoms with Crippen molar-refractivity contribution in [2.75, 3.05) is 19.3 Å². The molecule has 0 spiro atoms. The van der Waals surface area contributed by atoms with Crippen LogP contribution in [-0.2, 0) is 16.4 Å². The first-order chi connectivity index (χ1) is 9.41. The summed E-state index contributed by atoms with van der Waals surface area (Å²) in [5, 5.41) is 2.22. The second kappa shape index (κ2) is 6.13. The third-order valence-electron chi connectivity index (χ3n) is 2.93. The lowest BCUT2D eigenvalue weighted by molar-refractivity contribution is 0.473. The highest BCUT2D eigenvalue weighted by atomic mass is 35.5. The Bertz CT molecular complexity index is 684. The minimum absolute atomic E-state index is 0.158. The van der Waals surface area contributed by atoms with Crippen LogP contribution in [0.1, 0.15) is 4.88 Å². The predicted molar refractivity (Wildman–Crippen MR) is 83.7 cm³/mol. The van der Waals surface area contributed by atoms with Crippen LogP contribution < -0.4 is 5.73 Å². The molecule has 1 aromatic carbocycles. The molecule has 7 heteroatoms. The van der Waals surface area contributed by atoms with Crippen LogP contribution >= 0.6 is 22.9 Å². The summed E-state index contributed by atoms with van der Waals surface area (Å²) in [6.45, 7) is 0.421. The number of hydrogen-bond donors (Lipinski definition) is 1. The Morgan fingerprint density at radius 1 is 1.35 bits per heavy atom. The summed E-state index contributed by atoms with van der Waals surface area (Å²) in [6, 6.07) is 8.30. The number of halogens is 1. The molecule has 0 bridgehead atoms. The highest BCUT2D eigenvalue weighted by Crippen LogP contribution is 2.24. The SMILES string of the molecule is CN(CCc1cccs1)S(=O)(=O)c1ccc(N)c(Cl)c1. The number of anilines is 1. The van der Waals surface area contributed by atoms with Crippen molar-refractivity contribution in [3.63, 3.8) is 0 Å². The van der Waals surface area contributed by atoms with E-state index in [9.17, 15) is 8.42 Å². The smallest absolute Gasteiger partial charge is 0.242 e. The van der Waals surface area contributed by atoms with E-state index >= 15 is 0 Å². The third kappa shape index (κ3) is 3.32. The van der Waals surface area contributed by atoms with Gasteiger partial charge in [0, 0.05) is 18.5 Å². The molecule has 20 heavy (non-hydrogen) atoms. The second-order valence-electron chi connectivity index (χ2n) is 4.34. The monoisotopic (exact) mass is 330 g/mol. The van der Waals surface area contributed by atoms with Gasteiger partial charge < -0.3 is 5.73 Å². The molecule has 0 amide bonds. The molecular formula is C13H15ClN2O2S2. The van der Waals surface area contributed by atoms with Crippen LogP contribution in [0.3, 0.4) is 0 Å². The zero-order valence-electron chi connectivity index (χ0n) is 10.9. The summed E-state index contributed by atoms with van der Waals surface area (Å²) in [6.07, 6.45) is 0.691. The quantitative estimate of drug-likeness (QED) is 0.857. The van der Waals surface area contributed by atoms with E-state index in [1.807, 2.05) is 17.5 Å². The van der Waals surface area contributed by atoms with E-state index in [1.165, 1.54) is 22.5 Å². The van der Waals surface area contributed by atoms with Gasteiger partial charge in [-0.3, -0.25) is 0 Å². The van der Waals surface area contributed by atoms with Gasteiger partial charge in [0.2, 0.25) is 10.0 Å². The summed E-state index contributed by atoms with van der Waals surface area (Å²) in [7, 11) is -1.97. The number of hydrogen-bond acceptors (Lipinski definition) is 4. The van der Waals surface area contributed by atoms with Crippen molar-refractivity contribution in [1.82, 2.24) is 4.31 Å². The summed E-state index contributed by atoms with van der Waals surface area (Å²) in [4.78, 5) is 1.31. The van der Waals surface area contributed by atoms with Crippen LogP contribution in [0.5, 0.6) is 0 Å². The maximum Gasteiger partial charge on any atom is 0.242 e. The van der Waals surface area contributed by atoms with Crippen molar-refractivity contribution < 1.29 is 8.42 Å². The molecule has 1 aromatic heterocycles. The predicted octanol–water partition coefficient (Wildman–Crippen LogP) is 2.85. The molecule has 0 aliphatic heterocycles. The molecule has 0 fully saturated rings. The van der Waals surface area contributed by atoms with Crippen molar-refractivity contribution >= 4 is 38.6 Å². The average Bonchev–Trinajstić information content (AvgIpc) is 2.92. The van der Waals surface area contributed by atoms with Crippen LogP contribution in [0.15, 0.2) is 40.6 Å². The third-order valence-corrected chi connectivity index (χ3v) is 6.05. The zero-order valence-corrected chi connectivity index (χ0v) is 13.3. The van der Waals surface area contributed by atoms with Crippen LogP contribution in [0.4, 0.5) is 5.69 Å². The fourth-order valence-corrected chi connectivity index (χ4v) is 3.83. The van der Waals surface area contributed by atoms with Gasteiger partial charge in [-0.1, -0.05) is 17.7 Å². The molecule has 2 aromatic rings. The van der Waals surface area contributed by atoms with Gasteiger partial charge in [0.1, 0.15) is 0 Å². The molecule has 1 heterocycles. The van der Waals surface area contributed by atoms with Gasteiger partial charge in [-0.05, 0) is 36.1 Å². The second-order valence-corrected chi connectivity index (χ2v) is 7.82. The first-order valence-corrected chi connectivity index (χ1v) is 8.65. The molecule has 2 N–H and O–H groups in total. The number of benzene rings is 1. The number of nitrogen functional groups attached to an aromatic ring is 1. The minimum atomic E-state index is -3.53. The fraction of sp³-hybridized carbons (Fsp3) is 0.231. The Balaban J connectivity index is 2.14. The number of rotatable bonds is 5. The van der Waals surface area contributed by atoms with E-state index in [1.54, 1.807) is 18.4 Å². The molecule has 2 rings (SSSR count). The average molecular weight is 331 g/mol. The van der Waals surface area contributed by atoms with E-state index in [2.05, 4.69) is 0 Å². The molecule has 0 aliphatic carbocycles. The van der Waals surface area contributed by atoms with Crippen molar-refractivity contribution in [2.24, 2.45) is 0 Å². The fourth-order valence-electron chi connectivity index (χ4n) is 1.69. The van der Waals surface area contributed by atoms with E-state index < -0.39 is 10.0 Å². The van der Waals surface area contributed by atoms with E-state index in [-0.39, 0.29) is 9.92 Å². The Labute approximate surface area is 127 Å².